The fourth-order valence-electron chi connectivity index (χ4n) is 2.33. The third-order valence-corrected chi connectivity index (χ3v) is 3.61. The number of anilines is 2. The number of aromatic nitrogens is 3. The smallest absolute Gasteiger partial charge is 0.154 e. The van der Waals surface area contributed by atoms with E-state index in [1.54, 1.807) is 10.7 Å². The summed E-state index contributed by atoms with van der Waals surface area (Å²) in [5, 5.41) is 17.1. The van der Waals surface area contributed by atoms with E-state index in [4.69, 9.17) is 5.73 Å². The van der Waals surface area contributed by atoms with Crippen LogP contribution in [0.2, 0.25) is 0 Å². The first kappa shape index (κ1) is 14.3. The summed E-state index contributed by atoms with van der Waals surface area (Å²) in [4.78, 5) is 4.37. The number of hydrogen-bond donors (Lipinski definition) is 3. The predicted molar refractivity (Wildman–Crippen MR) is 87.6 cm³/mol. The van der Waals surface area contributed by atoms with Crippen LogP contribution in [0.4, 0.5) is 11.5 Å². The van der Waals surface area contributed by atoms with Gasteiger partial charge in [0.05, 0.1) is 24.5 Å². The van der Waals surface area contributed by atoms with Gasteiger partial charge in [0.2, 0.25) is 0 Å². The lowest BCUT2D eigenvalue weighted by molar-refractivity contribution is 0.271. The predicted octanol–water partition coefficient (Wildman–Crippen LogP) is 2.16. The molecule has 0 saturated carbocycles. The Labute approximate surface area is 128 Å². The molecule has 6 nitrogen and oxygen atoms in total. The Morgan fingerprint density at radius 1 is 1.32 bits per heavy atom. The molecule has 1 unspecified atom stereocenters. The van der Waals surface area contributed by atoms with E-state index in [2.05, 4.69) is 15.4 Å². The first-order chi connectivity index (χ1) is 10.7. The van der Waals surface area contributed by atoms with Gasteiger partial charge in [0, 0.05) is 11.3 Å². The average Bonchev–Trinajstić information content (AvgIpc) is 2.95. The zero-order valence-electron chi connectivity index (χ0n) is 12.4. The van der Waals surface area contributed by atoms with Crippen LogP contribution in [-0.2, 0) is 0 Å². The summed E-state index contributed by atoms with van der Waals surface area (Å²) < 4.78 is 1.78. The summed E-state index contributed by atoms with van der Waals surface area (Å²) in [5.41, 5.74) is 9.16. The van der Waals surface area contributed by atoms with Crippen molar-refractivity contribution in [3.05, 3.63) is 42.6 Å². The zero-order chi connectivity index (χ0) is 15.5. The number of fused-ring (bicyclic) bond motifs is 1. The second kappa shape index (κ2) is 6.03. The highest BCUT2D eigenvalue weighted by Gasteiger charge is 2.10. The number of hydrogen-bond acceptors (Lipinski definition) is 5. The summed E-state index contributed by atoms with van der Waals surface area (Å²) in [5.74, 6) is 0.705. The van der Waals surface area contributed by atoms with Crippen LogP contribution in [0.3, 0.4) is 0 Å². The van der Waals surface area contributed by atoms with Crippen molar-refractivity contribution in [1.82, 2.24) is 14.6 Å². The van der Waals surface area contributed by atoms with Crippen LogP contribution in [0.15, 0.2) is 42.6 Å². The van der Waals surface area contributed by atoms with Crippen LogP contribution in [0.1, 0.15) is 13.3 Å². The maximum Gasteiger partial charge on any atom is 0.154 e. The number of rotatable bonds is 5. The fourth-order valence-corrected chi connectivity index (χ4v) is 2.33. The van der Waals surface area contributed by atoms with Crippen molar-refractivity contribution in [3.8, 4) is 11.3 Å². The molecule has 22 heavy (non-hydrogen) atoms. The minimum Gasteiger partial charge on any atom is -0.399 e. The zero-order valence-corrected chi connectivity index (χ0v) is 12.4. The highest BCUT2D eigenvalue weighted by atomic mass is 16.3. The summed E-state index contributed by atoms with van der Waals surface area (Å²) >= 11 is 0. The number of nitrogen functional groups attached to an aromatic ring is 1. The first-order valence-electron chi connectivity index (χ1n) is 7.29. The van der Waals surface area contributed by atoms with Gasteiger partial charge in [-0.3, -0.25) is 0 Å². The molecule has 0 aliphatic rings. The summed E-state index contributed by atoms with van der Waals surface area (Å²) in [6, 6.07) is 11.4. The first-order valence-corrected chi connectivity index (χ1v) is 7.29. The minimum atomic E-state index is -0.00992. The molecular formula is C16H19N5O. The molecule has 6 heteroatoms. The van der Waals surface area contributed by atoms with Crippen LogP contribution < -0.4 is 11.1 Å². The molecule has 0 saturated heterocycles. The number of nitrogens with two attached hydrogens (primary N) is 1. The summed E-state index contributed by atoms with van der Waals surface area (Å²) in [7, 11) is 0. The van der Waals surface area contributed by atoms with E-state index in [9.17, 15) is 5.11 Å². The number of nitrogens with zero attached hydrogens (tertiary/aromatic N) is 3. The molecule has 0 aliphatic heterocycles. The van der Waals surface area contributed by atoms with E-state index in [1.165, 1.54) is 0 Å². The Kier molecular flexibility index (Phi) is 3.93. The number of benzene rings is 1. The Hall–Kier alpha value is -2.60. The molecule has 1 atom stereocenters. The van der Waals surface area contributed by atoms with Gasteiger partial charge >= 0.3 is 0 Å². The molecule has 2 heterocycles. The van der Waals surface area contributed by atoms with Crippen LogP contribution in [0.25, 0.3) is 16.9 Å². The van der Waals surface area contributed by atoms with Gasteiger partial charge in [-0.15, -0.1) is 5.10 Å². The second-order valence-corrected chi connectivity index (χ2v) is 5.19. The Morgan fingerprint density at radius 2 is 2.18 bits per heavy atom. The Balaban J connectivity index is 2.02. The number of imidazole rings is 1. The van der Waals surface area contributed by atoms with E-state index in [0.29, 0.717) is 11.5 Å². The molecule has 0 bridgehead atoms. The van der Waals surface area contributed by atoms with E-state index in [1.807, 2.05) is 43.3 Å². The van der Waals surface area contributed by atoms with Gasteiger partial charge in [-0.25, -0.2) is 9.50 Å². The van der Waals surface area contributed by atoms with Crippen molar-refractivity contribution in [1.29, 1.82) is 0 Å². The van der Waals surface area contributed by atoms with Gasteiger partial charge in [0.15, 0.2) is 5.65 Å². The Morgan fingerprint density at radius 3 is 2.91 bits per heavy atom. The molecule has 3 aromatic rings. The lowest BCUT2D eigenvalue weighted by Crippen LogP contribution is -2.23. The van der Waals surface area contributed by atoms with E-state index in [-0.39, 0.29) is 12.6 Å². The maximum atomic E-state index is 9.30. The Bertz CT molecular complexity index is 779. The van der Waals surface area contributed by atoms with Crippen molar-refractivity contribution in [2.45, 2.75) is 19.4 Å². The lowest BCUT2D eigenvalue weighted by Gasteiger charge is -2.14. The molecular weight excluding hydrogens is 278 g/mol. The van der Waals surface area contributed by atoms with Crippen LogP contribution in [0, 0.1) is 0 Å². The van der Waals surface area contributed by atoms with Crippen molar-refractivity contribution in [3.63, 3.8) is 0 Å². The summed E-state index contributed by atoms with van der Waals surface area (Å²) in [6.07, 6.45) is 2.60. The van der Waals surface area contributed by atoms with Crippen LogP contribution >= 0.6 is 0 Å². The highest BCUT2D eigenvalue weighted by Crippen LogP contribution is 2.22. The van der Waals surface area contributed by atoms with Gasteiger partial charge in [0.1, 0.15) is 5.82 Å². The monoisotopic (exact) mass is 297 g/mol. The van der Waals surface area contributed by atoms with Gasteiger partial charge in [-0.05, 0) is 30.7 Å². The van der Waals surface area contributed by atoms with Crippen molar-refractivity contribution in [2.24, 2.45) is 0 Å². The van der Waals surface area contributed by atoms with Gasteiger partial charge in [-0.2, -0.15) is 0 Å². The van der Waals surface area contributed by atoms with Gasteiger partial charge < -0.3 is 16.2 Å². The van der Waals surface area contributed by atoms with Gasteiger partial charge in [0.25, 0.3) is 0 Å². The SMILES string of the molecule is CCC(CO)Nc1ccc2ncc(-c3cccc(N)c3)n2n1. The molecule has 1 aromatic carbocycles. The third kappa shape index (κ3) is 2.73. The lowest BCUT2D eigenvalue weighted by atomic mass is 10.1. The quantitative estimate of drug-likeness (QED) is 0.628. The highest BCUT2D eigenvalue weighted by molar-refractivity contribution is 5.67. The largest absolute Gasteiger partial charge is 0.399 e. The molecule has 114 valence electrons. The topological polar surface area (TPSA) is 88.5 Å². The molecule has 0 fully saturated rings. The van der Waals surface area contributed by atoms with Gasteiger partial charge in [-0.1, -0.05) is 19.1 Å². The fraction of sp³-hybridized carbons (Fsp3) is 0.250. The number of aliphatic hydroxyl groups is 1. The third-order valence-electron chi connectivity index (χ3n) is 3.61. The van der Waals surface area contributed by atoms with E-state index >= 15 is 0 Å². The van der Waals surface area contributed by atoms with E-state index < -0.39 is 0 Å². The standard InChI is InChI=1S/C16H19N5O/c1-2-13(10-22)19-15-6-7-16-18-9-14(21(16)20-15)11-4-3-5-12(17)8-11/h3-9,13,22H,2,10,17H2,1H3,(H,19,20). The molecule has 3 rings (SSSR count). The molecule has 2 aromatic heterocycles. The van der Waals surface area contributed by atoms with Crippen LogP contribution in [0.5, 0.6) is 0 Å². The molecule has 4 N–H and O–H groups in total. The maximum absolute atomic E-state index is 9.30. The molecule has 0 amide bonds. The minimum absolute atomic E-state index is 0.00992. The van der Waals surface area contributed by atoms with Crippen molar-refractivity contribution >= 4 is 17.2 Å². The number of aliphatic hydroxyl groups excluding tert-OH is 1. The molecule has 0 radical (unpaired) electrons. The van der Waals surface area contributed by atoms with Crippen molar-refractivity contribution in [2.75, 3.05) is 17.7 Å². The van der Waals surface area contributed by atoms with Crippen molar-refractivity contribution < 1.29 is 5.11 Å². The molecule has 0 aliphatic carbocycles. The summed E-state index contributed by atoms with van der Waals surface area (Å²) in [6.45, 7) is 2.09. The average molecular weight is 297 g/mol. The normalized spacial score (nSPS) is 12.5. The van der Waals surface area contributed by atoms with E-state index in [0.717, 1.165) is 23.3 Å². The van der Waals surface area contributed by atoms with Crippen LogP contribution in [-0.4, -0.2) is 32.4 Å². The second-order valence-electron chi connectivity index (χ2n) is 5.19. The number of nitrogens with one attached hydrogen (secondary N) is 1. The molecule has 0 spiro atoms.